The normalized spacial score (nSPS) is 30.1. The third-order valence-corrected chi connectivity index (χ3v) is 3.18. The van der Waals surface area contributed by atoms with Crippen molar-refractivity contribution in [3.63, 3.8) is 0 Å². The van der Waals surface area contributed by atoms with Gasteiger partial charge in [-0.25, -0.2) is 4.79 Å². The molecule has 1 amide bonds. The quantitative estimate of drug-likeness (QED) is 0.369. The van der Waals surface area contributed by atoms with Gasteiger partial charge in [-0.2, -0.15) is 0 Å². The monoisotopic (exact) mass is 242 g/mol. The Morgan fingerprint density at radius 1 is 1.24 bits per heavy atom. The second-order valence-corrected chi connectivity index (χ2v) is 4.31. The third-order valence-electron chi connectivity index (χ3n) is 3.18. The van der Waals surface area contributed by atoms with Crippen molar-refractivity contribution in [3.05, 3.63) is 0 Å². The highest BCUT2D eigenvalue weighted by molar-refractivity contribution is 6.31. The lowest BCUT2D eigenvalue weighted by Gasteiger charge is -2.38. The minimum Gasteiger partial charge on any atom is -0.438 e. The van der Waals surface area contributed by atoms with Crippen molar-refractivity contribution in [1.29, 1.82) is 0 Å². The molecule has 2 fully saturated rings. The fraction of sp³-hybridized carbons (Fsp3) is 0.800. The minimum absolute atomic E-state index is 0.364. The van der Waals surface area contributed by atoms with Crippen molar-refractivity contribution in [2.24, 2.45) is 5.73 Å². The number of primary amides is 1. The third kappa shape index (κ3) is 2.93. The molecular formula is C10H18N4O3. The number of hydrogen-bond donors (Lipinski definition) is 3. The number of amides is 1. The Morgan fingerprint density at radius 2 is 2.00 bits per heavy atom. The summed E-state index contributed by atoms with van der Waals surface area (Å²) in [6, 6.07) is 0.364. The Balaban J connectivity index is 1.96. The van der Waals surface area contributed by atoms with Gasteiger partial charge in [0.05, 0.1) is 0 Å². The van der Waals surface area contributed by atoms with E-state index in [4.69, 9.17) is 10.5 Å². The molecule has 0 aliphatic carbocycles. The predicted octanol–water partition coefficient (Wildman–Crippen LogP) is -2.39. The second-order valence-electron chi connectivity index (χ2n) is 4.31. The molecule has 2 rings (SSSR count). The Hall–Kier alpha value is -1.18. The number of carbonyl (C=O) groups excluding carboxylic acids is 2. The molecule has 0 aromatic carbocycles. The Morgan fingerprint density at radius 3 is 2.65 bits per heavy atom. The maximum Gasteiger partial charge on any atom is 0.398 e. The zero-order valence-electron chi connectivity index (χ0n) is 9.65. The van der Waals surface area contributed by atoms with Gasteiger partial charge in [-0.1, -0.05) is 0 Å². The van der Waals surface area contributed by atoms with Crippen molar-refractivity contribution in [2.45, 2.75) is 18.7 Å². The fourth-order valence-corrected chi connectivity index (χ4v) is 2.33. The number of nitrogens with one attached hydrogen (secondary N) is 2. The van der Waals surface area contributed by atoms with Crippen LogP contribution in [0.25, 0.3) is 0 Å². The van der Waals surface area contributed by atoms with Gasteiger partial charge in [0.1, 0.15) is 0 Å². The van der Waals surface area contributed by atoms with Gasteiger partial charge in [-0.05, 0) is 13.0 Å². The van der Waals surface area contributed by atoms with E-state index in [0.717, 1.165) is 32.6 Å². The summed E-state index contributed by atoms with van der Waals surface area (Å²) in [5.41, 5.74) is 4.89. The standard InChI is InChI=1S/C10H18N4O3/c11-9(15)10(16)17-8-6-13-3-4-14(8)7-1-2-12-5-7/h7-8,12-13H,1-6H2,(H2,11,15)/t7-,8?/m0/s1. The van der Waals surface area contributed by atoms with Crippen LogP contribution in [0.2, 0.25) is 0 Å². The molecule has 0 aromatic rings. The highest BCUT2D eigenvalue weighted by Crippen LogP contribution is 2.15. The van der Waals surface area contributed by atoms with Gasteiger partial charge in [-0.3, -0.25) is 9.69 Å². The minimum atomic E-state index is -1.04. The Labute approximate surface area is 99.6 Å². The molecule has 7 nitrogen and oxygen atoms in total. The summed E-state index contributed by atoms with van der Waals surface area (Å²) in [4.78, 5) is 24.0. The van der Waals surface area contributed by atoms with E-state index in [1.807, 2.05) is 0 Å². The first kappa shape index (κ1) is 12.3. The molecule has 0 spiro atoms. The van der Waals surface area contributed by atoms with Gasteiger partial charge in [0.25, 0.3) is 0 Å². The van der Waals surface area contributed by atoms with E-state index in [-0.39, 0.29) is 0 Å². The van der Waals surface area contributed by atoms with Gasteiger partial charge in [0.2, 0.25) is 0 Å². The zero-order valence-corrected chi connectivity index (χ0v) is 9.65. The molecule has 2 aliphatic heterocycles. The van der Waals surface area contributed by atoms with Crippen LogP contribution in [0.5, 0.6) is 0 Å². The lowest BCUT2D eigenvalue weighted by Crippen LogP contribution is -2.57. The van der Waals surface area contributed by atoms with Gasteiger partial charge < -0.3 is 21.1 Å². The summed E-state index contributed by atoms with van der Waals surface area (Å²) >= 11 is 0. The zero-order chi connectivity index (χ0) is 12.3. The summed E-state index contributed by atoms with van der Waals surface area (Å²) in [5.74, 6) is -2.00. The molecule has 1 unspecified atom stereocenters. The van der Waals surface area contributed by atoms with E-state index < -0.39 is 18.1 Å². The van der Waals surface area contributed by atoms with Crippen molar-refractivity contribution in [3.8, 4) is 0 Å². The number of piperazine rings is 1. The van der Waals surface area contributed by atoms with E-state index in [2.05, 4.69) is 15.5 Å². The summed E-state index contributed by atoms with van der Waals surface area (Å²) in [6.07, 6.45) is 0.638. The van der Waals surface area contributed by atoms with Crippen LogP contribution >= 0.6 is 0 Å². The molecule has 2 atom stereocenters. The van der Waals surface area contributed by atoms with E-state index in [0.29, 0.717) is 12.6 Å². The molecule has 0 aromatic heterocycles. The van der Waals surface area contributed by atoms with E-state index >= 15 is 0 Å². The second kappa shape index (κ2) is 5.44. The van der Waals surface area contributed by atoms with Crippen LogP contribution in [0.3, 0.4) is 0 Å². The van der Waals surface area contributed by atoms with Crippen LogP contribution in [-0.2, 0) is 14.3 Å². The molecule has 0 saturated carbocycles. The van der Waals surface area contributed by atoms with Crippen molar-refractivity contribution < 1.29 is 14.3 Å². The van der Waals surface area contributed by atoms with Gasteiger partial charge >= 0.3 is 11.9 Å². The highest BCUT2D eigenvalue weighted by Gasteiger charge is 2.33. The first-order valence-corrected chi connectivity index (χ1v) is 5.86. The van der Waals surface area contributed by atoms with E-state index in [1.54, 1.807) is 0 Å². The van der Waals surface area contributed by atoms with Crippen molar-refractivity contribution in [1.82, 2.24) is 15.5 Å². The number of hydrogen-bond acceptors (Lipinski definition) is 6. The maximum absolute atomic E-state index is 11.2. The number of rotatable bonds is 2. The summed E-state index contributed by atoms with van der Waals surface area (Å²) in [7, 11) is 0. The SMILES string of the molecule is NC(=O)C(=O)OC1CNCCN1[C@H]1CCNC1. The number of ether oxygens (including phenoxy) is 1. The molecule has 96 valence electrons. The lowest BCUT2D eigenvalue weighted by atomic mass is 10.2. The van der Waals surface area contributed by atoms with Crippen LogP contribution in [0.1, 0.15) is 6.42 Å². The van der Waals surface area contributed by atoms with Crippen molar-refractivity contribution in [2.75, 3.05) is 32.7 Å². The number of nitrogens with zero attached hydrogens (tertiary/aromatic N) is 1. The first-order valence-electron chi connectivity index (χ1n) is 5.86. The van der Waals surface area contributed by atoms with Crippen LogP contribution in [0, 0.1) is 0 Å². The average Bonchev–Trinajstić information content (AvgIpc) is 2.83. The summed E-state index contributed by atoms with van der Waals surface area (Å²) in [6.45, 7) is 4.08. The average molecular weight is 242 g/mol. The van der Waals surface area contributed by atoms with Gasteiger partial charge in [-0.15, -0.1) is 0 Å². The Kier molecular flexibility index (Phi) is 3.93. The summed E-state index contributed by atoms with van der Waals surface area (Å²) < 4.78 is 5.10. The largest absolute Gasteiger partial charge is 0.438 e. The van der Waals surface area contributed by atoms with E-state index in [1.165, 1.54) is 0 Å². The fourth-order valence-electron chi connectivity index (χ4n) is 2.33. The predicted molar refractivity (Wildman–Crippen MR) is 59.9 cm³/mol. The van der Waals surface area contributed by atoms with Crippen LogP contribution in [-0.4, -0.2) is 61.8 Å². The highest BCUT2D eigenvalue weighted by atomic mass is 16.6. The van der Waals surface area contributed by atoms with Gasteiger partial charge in [0.15, 0.2) is 6.23 Å². The van der Waals surface area contributed by atoms with Crippen LogP contribution < -0.4 is 16.4 Å². The van der Waals surface area contributed by atoms with Crippen molar-refractivity contribution >= 4 is 11.9 Å². The molecule has 2 heterocycles. The molecule has 2 saturated heterocycles. The molecule has 0 bridgehead atoms. The smallest absolute Gasteiger partial charge is 0.398 e. The lowest BCUT2D eigenvalue weighted by molar-refractivity contribution is -0.168. The topological polar surface area (TPSA) is 96.7 Å². The number of esters is 1. The molecule has 7 heteroatoms. The molecule has 0 radical (unpaired) electrons. The van der Waals surface area contributed by atoms with Crippen LogP contribution in [0.4, 0.5) is 0 Å². The maximum atomic E-state index is 11.2. The number of carbonyl (C=O) groups is 2. The molecule has 4 N–H and O–H groups in total. The van der Waals surface area contributed by atoms with Crippen LogP contribution in [0.15, 0.2) is 0 Å². The van der Waals surface area contributed by atoms with Gasteiger partial charge in [0, 0.05) is 32.2 Å². The first-order chi connectivity index (χ1) is 8.18. The molecular weight excluding hydrogens is 224 g/mol. The van der Waals surface area contributed by atoms with E-state index in [9.17, 15) is 9.59 Å². The summed E-state index contributed by atoms with van der Waals surface area (Å²) in [5, 5.41) is 6.41. The molecule has 17 heavy (non-hydrogen) atoms. The molecule has 2 aliphatic rings. The number of nitrogens with two attached hydrogens (primary N) is 1. The Bertz CT molecular complexity index is 304.